The van der Waals surface area contributed by atoms with Crippen LogP contribution in [0.4, 0.5) is 4.79 Å². The first kappa shape index (κ1) is 18.0. The minimum absolute atomic E-state index is 0.253. The van der Waals surface area contributed by atoms with Crippen LogP contribution >= 0.6 is 11.6 Å². The molecule has 3 rings (SSSR count). The van der Waals surface area contributed by atoms with E-state index >= 15 is 0 Å². The van der Waals surface area contributed by atoms with Crippen molar-refractivity contribution in [3.63, 3.8) is 0 Å². The third-order valence-electron chi connectivity index (χ3n) is 4.17. The lowest BCUT2D eigenvalue weighted by Gasteiger charge is -2.28. The predicted molar refractivity (Wildman–Crippen MR) is 99.7 cm³/mol. The molecule has 0 fully saturated rings. The van der Waals surface area contributed by atoms with Crippen LogP contribution in [0.1, 0.15) is 24.1 Å². The predicted octanol–water partition coefficient (Wildman–Crippen LogP) is 3.75. The van der Waals surface area contributed by atoms with Crippen molar-refractivity contribution in [1.29, 1.82) is 0 Å². The minimum atomic E-state index is -0.651. The molecule has 1 atom stereocenters. The zero-order chi connectivity index (χ0) is 18.5. The van der Waals surface area contributed by atoms with Crippen molar-refractivity contribution in [1.82, 2.24) is 10.6 Å². The summed E-state index contributed by atoms with van der Waals surface area (Å²) in [4.78, 5) is 24.6. The average molecular weight is 371 g/mol. The Hall–Kier alpha value is -2.79. The van der Waals surface area contributed by atoms with E-state index in [1.165, 1.54) is 0 Å². The van der Waals surface area contributed by atoms with E-state index in [0.29, 0.717) is 28.3 Å². The summed E-state index contributed by atoms with van der Waals surface area (Å²) < 4.78 is 5.45. The van der Waals surface area contributed by atoms with E-state index < -0.39 is 12.0 Å². The molecule has 134 valence electrons. The Balaban J connectivity index is 1.78. The smallest absolute Gasteiger partial charge is 0.338 e. The summed E-state index contributed by atoms with van der Waals surface area (Å²) in [7, 11) is 0. The monoisotopic (exact) mass is 370 g/mol. The summed E-state index contributed by atoms with van der Waals surface area (Å²) in [5.74, 6) is -0.476. The first-order valence-corrected chi connectivity index (χ1v) is 8.68. The third-order valence-corrected chi connectivity index (χ3v) is 4.52. The topological polar surface area (TPSA) is 67.4 Å². The summed E-state index contributed by atoms with van der Waals surface area (Å²) >= 11 is 6.26. The maximum absolute atomic E-state index is 12.7. The van der Waals surface area contributed by atoms with Crippen LogP contribution in [0.5, 0.6) is 0 Å². The highest BCUT2D eigenvalue weighted by molar-refractivity contribution is 6.31. The maximum Gasteiger partial charge on any atom is 0.338 e. The Labute approximate surface area is 157 Å². The van der Waals surface area contributed by atoms with Gasteiger partial charge in [0.05, 0.1) is 18.2 Å². The van der Waals surface area contributed by atoms with Gasteiger partial charge in [-0.15, -0.1) is 0 Å². The Kier molecular flexibility index (Phi) is 5.58. The molecule has 0 saturated heterocycles. The van der Waals surface area contributed by atoms with Crippen LogP contribution in [0.2, 0.25) is 5.02 Å². The van der Waals surface area contributed by atoms with Crippen molar-refractivity contribution < 1.29 is 14.3 Å². The molecule has 2 N–H and O–H groups in total. The van der Waals surface area contributed by atoms with Crippen molar-refractivity contribution in [3.05, 3.63) is 82.0 Å². The second kappa shape index (κ2) is 8.06. The van der Waals surface area contributed by atoms with Gasteiger partial charge in [0.15, 0.2) is 0 Å². The van der Waals surface area contributed by atoms with Crippen LogP contribution in [0.25, 0.3) is 0 Å². The number of allylic oxidation sites excluding steroid dienone is 1. The number of halogens is 1. The molecule has 1 aliphatic heterocycles. The van der Waals surface area contributed by atoms with Crippen LogP contribution in [-0.2, 0) is 16.0 Å². The second-order valence-electron chi connectivity index (χ2n) is 5.96. The number of carbonyl (C=O) groups is 2. The van der Waals surface area contributed by atoms with E-state index in [1.54, 1.807) is 25.1 Å². The van der Waals surface area contributed by atoms with E-state index in [9.17, 15) is 9.59 Å². The van der Waals surface area contributed by atoms with Crippen LogP contribution in [0.3, 0.4) is 0 Å². The highest BCUT2D eigenvalue weighted by Crippen LogP contribution is 2.31. The molecule has 0 spiro atoms. The number of carbonyl (C=O) groups excluding carboxylic acids is 2. The summed E-state index contributed by atoms with van der Waals surface area (Å²) in [6.45, 7) is 1.93. The normalized spacial score (nSPS) is 16.7. The van der Waals surface area contributed by atoms with Gasteiger partial charge >= 0.3 is 12.0 Å². The number of hydrogen-bond donors (Lipinski definition) is 2. The number of benzene rings is 2. The van der Waals surface area contributed by atoms with Crippen LogP contribution in [-0.4, -0.2) is 18.6 Å². The number of hydrogen-bond acceptors (Lipinski definition) is 3. The molecule has 0 bridgehead atoms. The number of amides is 2. The van der Waals surface area contributed by atoms with Gasteiger partial charge in [0.25, 0.3) is 0 Å². The van der Waals surface area contributed by atoms with Crippen molar-refractivity contribution in [3.8, 4) is 0 Å². The Morgan fingerprint density at radius 2 is 1.81 bits per heavy atom. The number of nitrogens with one attached hydrogen (secondary N) is 2. The van der Waals surface area contributed by atoms with Gasteiger partial charge in [0.1, 0.15) is 0 Å². The summed E-state index contributed by atoms with van der Waals surface area (Å²) in [5, 5.41) is 5.85. The number of rotatable bonds is 5. The molecule has 26 heavy (non-hydrogen) atoms. The fourth-order valence-electron chi connectivity index (χ4n) is 2.89. The quantitative estimate of drug-likeness (QED) is 0.787. The van der Waals surface area contributed by atoms with Gasteiger partial charge in [-0.25, -0.2) is 9.59 Å². The molecule has 0 radical (unpaired) electrons. The first-order valence-electron chi connectivity index (χ1n) is 8.30. The number of esters is 1. The van der Waals surface area contributed by atoms with Crippen molar-refractivity contribution in [2.24, 2.45) is 0 Å². The first-order chi connectivity index (χ1) is 12.6. The molecule has 0 aromatic heterocycles. The number of ether oxygens (including phenoxy) is 1. The molecule has 2 amide bonds. The van der Waals surface area contributed by atoms with E-state index in [-0.39, 0.29) is 12.6 Å². The van der Waals surface area contributed by atoms with Gasteiger partial charge in [0.2, 0.25) is 0 Å². The highest BCUT2D eigenvalue weighted by Gasteiger charge is 2.33. The third kappa shape index (κ3) is 4.06. The number of urea groups is 1. The van der Waals surface area contributed by atoms with Gasteiger partial charge in [-0.3, -0.25) is 0 Å². The lowest BCUT2D eigenvalue weighted by molar-refractivity contribution is -0.139. The zero-order valence-corrected chi connectivity index (χ0v) is 15.0. The molecule has 2 aromatic rings. The molecule has 1 unspecified atom stereocenters. The van der Waals surface area contributed by atoms with Crippen LogP contribution in [0, 0.1) is 0 Å². The van der Waals surface area contributed by atoms with Gasteiger partial charge in [-0.05, 0) is 24.1 Å². The van der Waals surface area contributed by atoms with Crippen molar-refractivity contribution in [2.45, 2.75) is 19.4 Å². The molecule has 1 aliphatic rings. The van der Waals surface area contributed by atoms with E-state index in [2.05, 4.69) is 10.6 Å². The van der Waals surface area contributed by atoms with E-state index in [0.717, 1.165) is 5.56 Å². The van der Waals surface area contributed by atoms with Crippen molar-refractivity contribution >= 4 is 23.6 Å². The van der Waals surface area contributed by atoms with Gasteiger partial charge in [-0.1, -0.05) is 60.1 Å². The molecular formula is C20H19ClN2O3. The molecule has 0 aliphatic carbocycles. The van der Waals surface area contributed by atoms with Gasteiger partial charge in [-0.2, -0.15) is 0 Å². The Morgan fingerprint density at radius 3 is 2.54 bits per heavy atom. The average Bonchev–Trinajstić information content (AvgIpc) is 2.62. The van der Waals surface area contributed by atoms with Gasteiger partial charge < -0.3 is 15.4 Å². The Bertz CT molecular complexity index is 849. The molecule has 0 saturated carbocycles. The zero-order valence-electron chi connectivity index (χ0n) is 14.3. The standard InChI is InChI=1S/C20H19ClN2O3/c1-13-17(19(24)26-12-11-14-7-3-2-4-8-14)18(23-20(25)22-13)15-9-5-6-10-16(15)21/h2-10,18H,11-12H2,1H3,(H2,22,23,25). The van der Waals surface area contributed by atoms with E-state index in [4.69, 9.17) is 16.3 Å². The highest BCUT2D eigenvalue weighted by atomic mass is 35.5. The van der Waals surface area contributed by atoms with Gasteiger partial charge in [0, 0.05) is 17.1 Å². The molecule has 2 aromatic carbocycles. The fourth-order valence-corrected chi connectivity index (χ4v) is 3.14. The van der Waals surface area contributed by atoms with Crippen LogP contribution < -0.4 is 10.6 Å². The largest absolute Gasteiger partial charge is 0.462 e. The SMILES string of the molecule is CC1=C(C(=O)OCCc2ccccc2)C(c2ccccc2Cl)NC(=O)N1. The molecule has 6 heteroatoms. The molecular weight excluding hydrogens is 352 g/mol. The minimum Gasteiger partial charge on any atom is -0.462 e. The molecule has 5 nitrogen and oxygen atoms in total. The fraction of sp³-hybridized carbons (Fsp3) is 0.200. The molecule has 1 heterocycles. The van der Waals surface area contributed by atoms with Crippen molar-refractivity contribution in [2.75, 3.05) is 6.61 Å². The lowest BCUT2D eigenvalue weighted by Crippen LogP contribution is -2.45. The maximum atomic E-state index is 12.7. The summed E-state index contributed by atoms with van der Waals surface area (Å²) in [5.41, 5.74) is 2.55. The Morgan fingerprint density at radius 1 is 1.12 bits per heavy atom. The second-order valence-corrected chi connectivity index (χ2v) is 6.37. The van der Waals surface area contributed by atoms with Crippen LogP contribution in [0.15, 0.2) is 65.9 Å². The summed E-state index contributed by atoms with van der Waals surface area (Å²) in [6.07, 6.45) is 0.620. The van der Waals surface area contributed by atoms with E-state index in [1.807, 2.05) is 36.4 Å². The lowest BCUT2D eigenvalue weighted by atomic mass is 9.95. The summed E-state index contributed by atoms with van der Waals surface area (Å²) in [6, 6.07) is 15.9.